The normalized spacial score (nSPS) is 11.4. The molecule has 2 heterocycles. The number of carbonyl (C=O) groups excluding carboxylic acids is 1. The van der Waals surface area contributed by atoms with Gasteiger partial charge in [0.15, 0.2) is 0 Å². The number of rotatable bonds is 9. The lowest BCUT2D eigenvalue weighted by molar-refractivity contribution is -0.136. The maximum absolute atomic E-state index is 12.4. The van der Waals surface area contributed by atoms with Crippen LogP contribution < -0.4 is 4.74 Å². The van der Waals surface area contributed by atoms with E-state index in [0.717, 1.165) is 33.9 Å². The number of aromatic nitrogens is 1. The Morgan fingerprint density at radius 3 is 2.58 bits per heavy atom. The van der Waals surface area contributed by atoms with E-state index in [0.29, 0.717) is 31.1 Å². The third kappa shape index (κ3) is 5.79. The van der Waals surface area contributed by atoms with Gasteiger partial charge in [-0.15, -0.1) is 0 Å². The molecule has 0 aliphatic carbocycles. The first-order chi connectivity index (χ1) is 16.1. The van der Waals surface area contributed by atoms with Gasteiger partial charge in [-0.1, -0.05) is 30.3 Å². The Balaban J connectivity index is 1.39. The minimum absolute atomic E-state index is 0.325. The van der Waals surface area contributed by atoms with Crippen LogP contribution in [0, 0.1) is 6.92 Å². The number of carbonyl (C=O) groups is 1. The molecule has 5 nitrogen and oxygen atoms in total. The van der Waals surface area contributed by atoms with E-state index < -0.39 is 0 Å². The van der Waals surface area contributed by atoms with Crippen LogP contribution in [0.25, 0.3) is 23.1 Å². The maximum Gasteiger partial charge on any atom is 0.338 e. The van der Waals surface area contributed by atoms with E-state index in [1.54, 1.807) is 18.3 Å². The van der Waals surface area contributed by atoms with E-state index in [2.05, 4.69) is 4.98 Å². The molecule has 33 heavy (non-hydrogen) atoms. The van der Waals surface area contributed by atoms with Crippen molar-refractivity contribution in [3.63, 3.8) is 0 Å². The van der Waals surface area contributed by atoms with Crippen molar-refractivity contribution < 1.29 is 18.7 Å². The summed E-state index contributed by atoms with van der Waals surface area (Å²) >= 11 is 1.54. The largest absolute Gasteiger partial charge is 0.493 e. The molecular weight excluding hydrogens is 434 g/mol. The highest BCUT2D eigenvalue weighted by atomic mass is 32.1. The van der Waals surface area contributed by atoms with Gasteiger partial charge in [0.25, 0.3) is 0 Å². The van der Waals surface area contributed by atoms with Crippen LogP contribution in [0.1, 0.15) is 29.5 Å². The van der Waals surface area contributed by atoms with Gasteiger partial charge in [0.05, 0.1) is 24.5 Å². The van der Waals surface area contributed by atoms with Crippen LogP contribution in [-0.2, 0) is 16.0 Å². The predicted octanol–water partition coefficient (Wildman–Crippen LogP) is 6.44. The lowest BCUT2D eigenvalue weighted by Gasteiger charge is -2.07. The number of benzene rings is 2. The molecule has 0 aliphatic heterocycles. The molecule has 0 saturated heterocycles. The summed E-state index contributed by atoms with van der Waals surface area (Å²) in [5.74, 6) is 1.86. The SMILES string of the molecule is CCOC(=O)C(=Cc1ccc(OCCc2nc(-c3ccccc3)oc2C)cc1)c1ccsc1. The van der Waals surface area contributed by atoms with Crippen LogP contribution in [-0.4, -0.2) is 24.2 Å². The highest BCUT2D eigenvalue weighted by molar-refractivity contribution is 7.08. The van der Waals surface area contributed by atoms with Gasteiger partial charge in [-0.3, -0.25) is 0 Å². The van der Waals surface area contributed by atoms with Crippen LogP contribution >= 0.6 is 11.3 Å². The molecule has 0 fully saturated rings. The number of esters is 1. The molecule has 0 spiro atoms. The third-order valence-electron chi connectivity index (χ3n) is 5.04. The van der Waals surface area contributed by atoms with Crippen molar-refractivity contribution in [2.75, 3.05) is 13.2 Å². The molecule has 6 heteroatoms. The molecule has 0 radical (unpaired) electrons. The summed E-state index contributed by atoms with van der Waals surface area (Å²) in [4.78, 5) is 17.0. The topological polar surface area (TPSA) is 61.6 Å². The number of oxazole rings is 1. The molecule has 0 saturated carbocycles. The molecule has 4 aromatic rings. The van der Waals surface area contributed by atoms with Gasteiger partial charge in [0.1, 0.15) is 11.5 Å². The zero-order valence-corrected chi connectivity index (χ0v) is 19.4. The standard InChI is InChI=1S/C27H25NO4S/c1-3-30-27(29)24(22-14-16-33-18-22)17-20-9-11-23(12-10-20)31-15-13-25-19(2)32-26(28-25)21-7-5-4-6-8-21/h4-12,14,16-18H,3,13,15H2,1-2H3. The third-order valence-corrected chi connectivity index (χ3v) is 5.72. The number of ether oxygens (including phenoxy) is 2. The second-order valence-corrected chi connectivity index (χ2v) is 8.13. The van der Waals surface area contributed by atoms with E-state index in [-0.39, 0.29) is 5.97 Å². The van der Waals surface area contributed by atoms with E-state index in [9.17, 15) is 4.79 Å². The molecule has 2 aromatic carbocycles. The van der Waals surface area contributed by atoms with E-state index >= 15 is 0 Å². The minimum atomic E-state index is -0.325. The second kappa shape index (κ2) is 10.8. The first-order valence-corrected chi connectivity index (χ1v) is 11.7. The molecular formula is C27H25NO4S. The summed E-state index contributed by atoms with van der Waals surface area (Å²) in [6.45, 7) is 4.55. The summed E-state index contributed by atoms with van der Waals surface area (Å²) in [5, 5.41) is 3.88. The van der Waals surface area contributed by atoms with Crippen molar-refractivity contribution in [1.29, 1.82) is 0 Å². The molecule has 0 atom stereocenters. The Hall–Kier alpha value is -3.64. The van der Waals surface area contributed by atoms with Crippen LogP contribution in [0.5, 0.6) is 5.75 Å². The fourth-order valence-electron chi connectivity index (χ4n) is 3.34. The highest BCUT2D eigenvalue weighted by Crippen LogP contribution is 2.24. The Labute approximate surface area is 197 Å². The highest BCUT2D eigenvalue weighted by Gasteiger charge is 2.14. The summed E-state index contributed by atoms with van der Waals surface area (Å²) in [6, 6.07) is 19.4. The Morgan fingerprint density at radius 2 is 1.88 bits per heavy atom. The number of nitrogens with zero attached hydrogens (tertiary/aromatic N) is 1. The molecule has 4 rings (SSSR count). The van der Waals surface area contributed by atoms with Gasteiger partial charge in [-0.25, -0.2) is 9.78 Å². The van der Waals surface area contributed by atoms with Crippen LogP contribution in [0.4, 0.5) is 0 Å². The quantitative estimate of drug-likeness (QED) is 0.213. The van der Waals surface area contributed by atoms with Crippen molar-refractivity contribution in [3.05, 3.63) is 94.0 Å². The molecule has 0 unspecified atom stereocenters. The number of hydrogen-bond acceptors (Lipinski definition) is 6. The number of aryl methyl sites for hydroxylation is 1. The Morgan fingerprint density at radius 1 is 1.09 bits per heavy atom. The molecule has 168 valence electrons. The number of thiophene rings is 1. The van der Waals surface area contributed by atoms with Gasteiger partial charge in [0, 0.05) is 12.0 Å². The van der Waals surface area contributed by atoms with Gasteiger partial charge in [-0.2, -0.15) is 11.3 Å². The Bertz CT molecular complexity index is 1210. The average molecular weight is 460 g/mol. The van der Waals surface area contributed by atoms with Gasteiger partial charge in [-0.05, 0) is 72.1 Å². The Kier molecular flexibility index (Phi) is 7.37. The van der Waals surface area contributed by atoms with E-state index in [1.807, 2.05) is 84.4 Å². The smallest absolute Gasteiger partial charge is 0.338 e. The fourth-order valence-corrected chi connectivity index (χ4v) is 4.00. The first kappa shape index (κ1) is 22.6. The van der Waals surface area contributed by atoms with Gasteiger partial charge >= 0.3 is 5.97 Å². The maximum atomic E-state index is 12.4. The lowest BCUT2D eigenvalue weighted by Crippen LogP contribution is -2.06. The lowest BCUT2D eigenvalue weighted by atomic mass is 10.1. The molecule has 2 aromatic heterocycles. The minimum Gasteiger partial charge on any atom is -0.493 e. The first-order valence-electron chi connectivity index (χ1n) is 10.8. The van der Waals surface area contributed by atoms with Gasteiger partial charge in [0.2, 0.25) is 5.89 Å². The number of hydrogen-bond donors (Lipinski definition) is 0. The van der Waals surface area contributed by atoms with Crippen molar-refractivity contribution in [2.45, 2.75) is 20.3 Å². The summed E-state index contributed by atoms with van der Waals surface area (Å²) in [6.07, 6.45) is 2.49. The molecule has 0 N–H and O–H groups in total. The zero-order valence-electron chi connectivity index (χ0n) is 18.6. The second-order valence-electron chi connectivity index (χ2n) is 7.35. The van der Waals surface area contributed by atoms with Crippen molar-refractivity contribution in [3.8, 4) is 17.2 Å². The summed E-state index contributed by atoms with van der Waals surface area (Å²) in [5.41, 5.74) is 4.15. The van der Waals surface area contributed by atoms with Crippen LogP contribution in [0.15, 0.2) is 75.8 Å². The van der Waals surface area contributed by atoms with Crippen molar-refractivity contribution in [2.24, 2.45) is 0 Å². The molecule has 0 amide bonds. The monoisotopic (exact) mass is 459 g/mol. The van der Waals surface area contributed by atoms with Crippen molar-refractivity contribution >= 4 is 29.0 Å². The zero-order chi connectivity index (χ0) is 23.0. The fraction of sp³-hybridized carbons (Fsp3) is 0.185. The molecule has 0 aliphatic rings. The van der Waals surface area contributed by atoms with E-state index in [1.165, 1.54) is 0 Å². The summed E-state index contributed by atoms with van der Waals surface area (Å²) in [7, 11) is 0. The van der Waals surface area contributed by atoms with Crippen LogP contribution in [0.3, 0.4) is 0 Å². The van der Waals surface area contributed by atoms with E-state index in [4.69, 9.17) is 13.9 Å². The van der Waals surface area contributed by atoms with Gasteiger partial charge < -0.3 is 13.9 Å². The van der Waals surface area contributed by atoms with Crippen molar-refractivity contribution in [1.82, 2.24) is 4.98 Å². The van der Waals surface area contributed by atoms with Crippen LogP contribution in [0.2, 0.25) is 0 Å². The predicted molar refractivity (Wildman–Crippen MR) is 131 cm³/mol. The average Bonchev–Trinajstić information content (AvgIpc) is 3.49. The molecule has 0 bridgehead atoms. The summed E-state index contributed by atoms with van der Waals surface area (Å²) < 4.78 is 16.9.